The molecule has 0 spiro atoms. The molecule has 0 bridgehead atoms. The van der Waals surface area contributed by atoms with Crippen LogP contribution in [0.15, 0.2) is 30.7 Å². The summed E-state index contributed by atoms with van der Waals surface area (Å²) in [6, 6.07) is 4.01. The first-order valence-electron chi connectivity index (χ1n) is 11.5. The summed E-state index contributed by atoms with van der Waals surface area (Å²) in [4.78, 5) is 6.70. The number of ether oxygens (including phenoxy) is 1. The molecule has 5 rings (SSSR count). The maximum Gasteiger partial charge on any atom is 0.162 e. The second-order valence-corrected chi connectivity index (χ2v) is 9.52. The molecule has 4 heterocycles. The van der Waals surface area contributed by atoms with Crippen molar-refractivity contribution in [3.63, 3.8) is 0 Å². The topological polar surface area (TPSA) is 115 Å². The predicted octanol–water partition coefficient (Wildman–Crippen LogP) is 2.04. The van der Waals surface area contributed by atoms with E-state index in [4.69, 9.17) is 4.74 Å². The van der Waals surface area contributed by atoms with E-state index in [1.807, 2.05) is 32.2 Å². The van der Waals surface area contributed by atoms with Crippen LogP contribution in [0.3, 0.4) is 0 Å². The molecule has 2 aliphatic rings. The van der Waals surface area contributed by atoms with Gasteiger partial charge in [-0.2, -0.15) is 5.10 Å². The van der Waals surface area contributed by atoms with Crippen molar-refractivity contribution >= 4 is 17.0 Å². The number of aliphatic hydroxyl groups is 3. The van der Waals surface area contributed by atoms with E-state index in [-0.39, 0.29) is 13.2 Å². The van der Waals surface area contributed by atoms with Gasteiger partial charge in [-0.3, -0.25) is 0 Å². The fourth-order valence-electron chi connectivity index (χ4n) is 4.78. The number of nitrogens with zero attached hydrogens (tertiary/aromatic N) is 4. The van der Waals surface area contributed by atoms with Gasteiger partial charge in [-0.25, -0.2) is 9.50 Å². The molecule has 2 aromatic heterocycles. The first-order valence-corrected chi connectivity index (χ1v) is 11.5. The maximum atomic E-state index is 11.1. The van der Waals surface area contributed by atoms with Crippen LogP contribution in [-0.4, -0.2) is 61.8 Å². The van der Waals surface area contributed by atoms with Crippen LogP contribution in [0.1, 0.15) is 42.7 Å². The minimum Gasteiger partial charge on any atom is -0.484 e. The van der Waals surface area contributed by atoms with Gasteiger partial charge in [0.2, 0.25) is 0 Å². The highest BCUT2D eigenvalue weighted by Crippen LogP contribution is 2.43. The van der Waals surface area contributed by atoms with Gasteiger partial charge in [0.05, 0.1) is 29.7 Å². The highest BCUT2D eigenvalue weighted by molar-refractivity contribution is 5.75. The van der Waals surface area contributed by atoms with Crippen LogP contribution < -0.4 is 15.0 Å². The largest absolute Gasteiger partial charge is 0.484 e. The molecule has 33 heavy (non-hydrogen) atoms. The summed E-state index contributed by atoms with van der Waals surface area (Å²) in [5.41, 5.74) is 4.25. The van der Waals surface area contributed by atoms with Crippen LogP contribution in [0, 0.1) is 12.8 Å². The number of piperidine rings is 1. The summed E-state index contributed by atoms with van der Waals surface area (Å²) in [5.74, 6) is 1.08. The minimum absolute atomic E-state index is 0.0716. The van der Waals surface area contributed by atoms with E-state index in [2.05, 4.69) is 20.3 Å². The Morgan fingerprint density at radius 3 is 2.76 bits per heavy atom. The molecular formula is C24H31N5O4. The predicted molar refractivity (Wildman–Crippen MR) is 125 cm³/mol. The number of fused-ring (bicyclic) bond motifs is 2. The van der Waals surface area contributed by atoms with Gasteiger partial charge in [-0.05, 0) is 44.2 Å². The van der Waals surface area contributed by atoms with Gasteiger partial charge in [0.25, 0.3) is 0 Å². The third-order valence-corrected chi connectivity index (χ3v) is 6.75. The Labute approximate surface area is 192 Å². The fourth-order valence-corrected chi connectivity index (χ4v) is 4.78. The Morgan fingerprint density at radius 2 is 2.03 bits per heavy atom. The smallest absolute Gasteiger partial charge is 0.162 e. The molecule has 3 aromatic rings. The molecule has 2 atom stereocenters. The van der Waals surface area contributed by atoms with Crippen LogP contribution >= 0.6 is 0 Å². The van der Waals surface area contributed by atoms with E-state index in [0.717, 1.165) is 54.2 Å². The van der Waals surface area contributed by atoms with Crippen molar-refractivity contribution in [2.45, 2.75) is 44.9 Å². The molecule has 1 fully saturated rings. The molecule has 0 amide bonds. The summed E-state index contributed by atoms with van der Waals surface area (Å²) in [7, 11) is 0. The Kier molecular flexibility index (Phi) is 5.64. The zero-order chi connectivity index (χ0) is 23.2. The number of hydrogen-bond donors (Lipinski definition) is 4. The van der Waals surface area contributed by atoms with E-state index in [1.54, 1.807) is 16.9 Å². The van der Waals surface area contributed by atoms with Gasteiger partial charge in [-0.15, -0.1) is 0 Å². The standard InChI is InChI=1S/C24H31N5O4/c1-15-10-25-22-18(11-26-29(22)12-15)23(32)27-19-7-17-9-24(2,14-31)33-21(17)8-20(19)28-5-3-16(13-30)4-6-28/h7-8,10-12,16,23,27,30-32H,3-6,9,13-14H2,1-2H3/t23?,24-/m0/s1. The molecule has 2 aliphatic heterocycles. The lowest BCUT2D eigenvalue weighted by molar-refractivity contribution is 0.0447. The van der Waals surface area contributed by atoms with Crippen LogP contribution in [-0.2, 0) is 6.42 Å². The summed E-state index contributed by atoms with van der Waals surface area (Å²) in [6.07, 6.45) is 6.66. The van der Waals surface area contributed by atoms with Crippen LogP contribution in [0.2, 0.25) is 0 Å². The number of nitrogens with one attached hydrogen (secondary N) is 1. The number of rotatable bonds is 6. The number of benzene rings is 1. The quantitative estimate of drug-likeness (QED) is 0.419. The molecule has 0 radical (unpaired) electrons. The summed E-state index contributed by atoms with van der Waals surface area (Å²) < 4.78 is 7.75. The Bertz CT molecular complexity index is 1160. The van der Waals surface area contributed by atoms with Gasteiger partial charge in [-0.1, -0.05) is 0 Å². The monoisotopic (exact) mass is 453 g/mol. The average molecular weight is 454 g/mol. The summed E-state index contributed by atoms with van der Waals surface area (Å²) in [6.45, 7) is 5.60. The van der Waals surface area contributed by atoms with E-state index < -0.39 is 11.8 Å². The zero-order valence-electron chi connectivity index (χ0n) is 19.0. The van der Waals surface area contributed by atoms with Crippen molar-refractivity contribution in [3.05, 3.63) is 47.4 Å². The molecule has 1 saturated heterocycles. The minimum atomic E-state index is -1.00. The Morgan fingerprint density at radius 1 is 1.24 bits per heavy atom. The summed E-state index contributed by atoms with van der Waals surface area (Å²) >= 11 is 0. The van der Waals surface area contributed by atoms with E-state index in [1.165, 1.54) is 0 Å². The molecule has 1 unspecified atom stereocenters. The van der Waals surface area contributed by atoms with Gasteiger partial charge >= 0.3 is 0 Å². The highest BCUT2D eigenvalue weighted by atomic mass is 16.5. The van der Waals surface area contributed by atoms with Crippen molar-refractivity contribution in [2.24, 2.45) is 5.92 Å². The molecule has 176 valence electrons. The lowest BCUT2D eigenvalue weighted by Crippen LogP contribution is -2.35. The normalized spacial score (nSPS) is 21.8. The Hall–Kier alpha value is -2.88. The highest BCUT2D eigenvalue weighted by Gasteiger charge is 2.36. The molecule has 4 N–H and O–H groups in total. The van der Waals surface area contributed by atoms with E-state index in [0.29, 0.717) is 23.5 Å². The van der Waals surface area contributed by atoms with Gasteiger partial charge in [0.1, 0.15) is 11.4 Å². The first kappa shape index (κ1) is 21.9. The second kappa shape index (κ2) is 8.48. The van der Waals surface area contributed by atoms with Crippen molar-refractivity contribution in [3.8, 4) is 5.75 Å². The maximum absolute atomic E-state index is 11.1. The van der Waals surface area contributed by atoms with Crippen LogP contribution in [0.25, 0.3) is 5.65 Å². The van der Waals surface area contributed by atoms with Gasteiger partial charge in [0.15, 0.2) is 11.9 Å². The number of anilines is 2. The molecule has 0 saturated carbocycles. The lowest BCUT2D eigenvalue weighted by atomic mass is 9.96. The van der Waals surface area contributed by atoms with Gasteiger partial charge in [0, 0.05) is 50.1 Å². The molecule has 9 nitrogen and oxygen atoms in total. The summed E-state index contributed by atoms with van der Waals surface area (Å²) in [5, 5.41) is 38.0. The number of aromatic nitrogens is 3. The van der Waals surface area contributed by atoms with Crippen molar-refractivity contribution in [1.82, 2.24) is 14.6 Å². The molecule has 9 heteroatoms. The third-order valence-electron chi connectivity index (χ3n) is 6.75. The van der Waals surface area contributed by atoms with E-state index in [9.17, 15) is 15.3 Å². The fraction of sp³-hybridized carbons (Fsp3) is 0.500. The molecule has 0 aliphatic carbocycles. The van der Waals surface area contributed by atoms with E-state index >= 15 is 0 Å². The average Bonchev–Trinajstić information content (AvgIpc) is 3.38. The number of hydrogen-bond acceptors (Lipinski definition) is 8. The third kappa shape index (κ3) is 4.12. The second-order valence-electron chi connectivity index (χ2n) is 9.52. The lowest BCUT2D eigenvalue weighted by Gasteiger charge is -2.34. The first-order chi connectivity index (χ1) is 15.9. The van der Waals surface area contributed by atoms with Crippen molar-refractivity contribution < 1.29 is 20.1 Å². The Balaban J connectivity index is 1.48. The number of aryl methyl sites for hydroxylation is 1. The zero-order valence-corrected chi connectivity index (χ0v) is 19.0. The number of aliphatic hydroxyl groups excluding tert-OH is 3. The van der Waals surface area contributed by atoms with Crippen molar-refractivity contribution in [2.75, 3.05) is 36.5 Å². The SMILES string of the molecule is Cc1cnc2c(C(O)Nc3cc4c(cc3N3CCC(CO)CC3)O[C@](C)(CO)C4)cnn2c1. The van der Waals surface area contributed by atoms with Crippen LogP contribution in [0.4, 0.5) is 11.4 Å². The molecule has 1 aromatic carbocycles. The van der Waals surface area contributed by atoms with Crippen LogP contribution in [0.5, 0.6) is 5.75 Å². The van der Waals surface area contributed by atoms with Crippen molar-refractivity contribution in [1.29, 1.82) is 0 Å². The molecular weight excluding hydrogens is 422 g/mol. The van der Waals surface area contributed by atoms with Gasteiger partial charge < -0.3 is 30.3 Å².